The van der Waals surface area contributed by atoms with Crippen LogP contribution in [0.15, 0.2) is 18.2 Å². The average molecular weight is 263 g/mol. The molecule has 1 atom stereocenters. The summed E-state index contributed by atoms with van der Waals surface area (Å²) in [6.07, 6.45) is 3.65. The molecule has 0 aliphatic heterocycles. The molecule has 2 N–H and O–H groups in total. The van der Waals surface area contributed by atoms with Crippen LogP contribution >= 0.6 is 11.6 Å². The van der Waals surface area contributed by atoms with Gasteiger partial charge in [-0.25, -0.2) is 0 Å². The highest BCUT2D eigenvalue weighted by Crippen LogP contribution is 2.34. The minimum absolute atomic E-state index is 0.445. The second kappa shape index (κ2) is 4.94. The number of aryl methyl sites for hydroxylation is 2. The molecule has 1 heterocycles. The van der Waals surface area contributed by atoms with Gasteiger partial charge < -0.3 is 10.3 Å². The van der Waals surface area contributed by atoms with E-state index in [0.29, 0.717) is 11.9 Å². The molecule has 0 amide bonds. The fourth-order valence-electron chi connectivity index (χ4n) is 3.01. The lowest BCUT2D eigenvalue weighted by molar-refractivity contribution is 0.466. The molecule has 0 saturated heterocycles. The normalized spacial score (nSPS) is 19.1. The fraction of sp³-hybridized carbons (Fsp3) is 0.467. The maximum absolute atomic E-state index is 5.77. The average Bonchev–Trinajstić information content (AvgIpc) is 2.75. The molecule has 96 valence electrons. The van der Waals surface area contributed by atoms with E-state index >= 15 is 0 Å². The van der Waals surface area contributed by atoms with Gasteiger partial charge in [0.15, 0.2) is 0 Å². The molecule has 0 saturated carbocycles. The van der Waals surface area contributed by atoms with Gasteiger partial charge in [-0.2, -0.15) is 0 Å². The zero-order valence-electron chi connectivity index (χ0n) is 10.7. The zero-order chi connectivity index (χ0) is 12.5. The van der Waals surface area contributed by atoms with Crippen molar-refractivity contribution in [1.29, 1.82) is 0 Å². The number of nitrogens with one attached hydrogen (secondary N) is 2. The van der Waals surface area contributed by atoms with Crippen LogP contribution in [0.25, 0.3) is 10.9 Å². The van der Waals surface area contributed by atoms with Crippen LogP contribution in [0.4, 0.5) is 0 Å². The van der Waals surface area contributed by atoms with Crippen molar-refractivity contribution in [3.63, 3.8) is 0 Å². The molecule has 2 nitrogen and oxygen atoms in total. The third-order valence-electron chi connectivity index (χ3n) is 3.85. The van der Waals surface area contributed by atoms with Crippen LogP contribution in [0.3, 0.4) is 0 Å². The summed E-state index contributed by atoms with van der Waals surface area (Å²) in [7, 11) is 0. The van der Waals surface area contributed by atoms with Gasteiger partial charge in [-0.05, 0) is 43.9 Å². The Balaban J connectivity index is 2.04. The first kappa shape index (κ1) is 12.1. The van der Waals surface area contributed by atoms with Gasteiger partial charge in [0, 0.05) is 35.1 Å². The number of benzene rings is 1. The molecule has 3 heteroatoms. The molecule has 0 radical (unpaired) electrons. The Labute approximate surface area is 113 Å². The topological polar surface area (TPSA) is 27.8 Å². The van der Waals surface area contributed by atoms with Crippen LogP contribution in [0, 0.1) is 6.92 Å². The van der Waals surface area contributed by atoms with E-state index in [9.17, 15) is 0 Å². The van der Waals surface area contributed by atoms with Crippen LogP contribution in [-0.2, 0) is 6.42 Å². The number of fused-ring (bicyclic) bond motifs is 3. The van der Waals surface area contributed by atoms with E-state index in [-0.39, 0.29) is 0 Å². The van der Waals surface area contributed by atoms with Gasteiger partial charge in [-0.1, -0.05) is 11.6 Å². The Kier molecular flexibility index (Phi) is 3.31. The molecule has 0 spiro atoms. The lowest BCUT2D eigenvalue weighted by Gasteiger charge is -2.23. The molecule has 1 aromatic carbocycles. The summed E-state index contributed by atoms with van der Waals surface area (Å²) in [5.41, 5.74) is 5.49. The second-order valence-electron chi connectivity index (χ2n) is 5.15. The summed E-state index contributed by atoms with van der Waals surface area (Å²) in [5.74, 6) is 0.672. The van der Waals surface area contributed by atoms with Gasteiger partial charge >= 0.3 is 0 Å². The largest absolute Gasteiger partial charge is 0.357 e. The Bertz CT molecular complexity index is 559. The van der Waals surface area contributed by atoms with Crippen molar-refractivity contribution >= 4 is 22.5 Å². The number of H-pyrrole nitrogens is 1. The summed E-state index contributed by atoms with van der Waals surface area (Å²) in [6.45, 7) is 3.03. The number of aromatic amines is 1. The van der Waals surface area contributed by atoms with Crippen molar-refractivity contribution in [1.82, 2.24) is 10.3 Å². The van der Waals surface area contributed by atoms with Crippen LogP contribution in [-0.4, -0.2) is 17.4 Å². The molecule has 2 aromatic rings. The third-order valence-corrected chi connectivity index (χ3v) is 4.04. The van der Waals surface area contributed by atoms with E-state index in [2.05, 4.69) is 35.4 Å². The van der Waals surface area contributed by atoms with Crippen molar-refractivity contribution in [2.24, 2.45) is 0 Å². The van der Waals surface area contributed by atoms with Crippen molar-refractivity contribution < 1.29 is 0 Å². The molecule has 1 aliphatic rings. The highest BCUT2D eigenvalue weighted by atomic mass is 35.5. The molecule has 1 aliphatic carbocycles. The lowest BCUT2D eigenvalue weighted by atomic mass is 9.91. The third kappa shape index (κ3) is 2.04. The summed E-state index contributed by atoms with van der Waals surface area (Å²) in [4.78, 5) is 3.60. The Morgan fingerprint density at radius 2 is 2.33 bits per heavy atom. The number of hydrogen-bond acceptors (Lipinski definition) is 1. The highest BCUT2D eigenvalue weighted by Gasteiger charge is 2.23. The van der Waals surface area contributed by atoms with Gasteiger partial charge in [0.25, 0.3) is 0 Å². The standard InChI is InChI=1S/C15H19ClN2/c1-10-5-6-13-12(9-10)11-3-2-4-14(15(11)18-13)17-8-7-16/h5-6,9,14,17-18H,2-4,7-8H2,1H3/t14-/m1/s1. The van der Waals surface area contributed by atoms with Gasteiger partial charge in [-0.3, -0.25) is 0 Å². The molecule has 0 fully saturated rings. The Hall–Kier alpha value is -0.990. The minimum atomic E-state index is 0.445. The van der Waals surface area contributed by atoms with Crippen molar-refractivity contribution in [3.8, 4) is 0 Å². The maximum Gasteiger partial charge on any atom is 0.0476 e. The van der Waals surface area contributed by atoms with Gasteiger partial charge in [0.05, 0.1) is 0 Å². The lowest BCUT2D eigenvalue weighted by Crippen LogP contribution is -2.26. The second-order valence-corrected chi connectivity index (χ2v) is 5.53. The van der Waals surface area contributed by atoms with E-state index in [1.54, 1.807) is 0 Å². The predicted octanol–water partition coefficient (Wildman–Crippen LogP) is 3.68. The monoisotopic (exact) mass is 262 g/mol. The zero-order valence-corrected chi connectivity index (χ0v) is 11.5. The first-order valence-electron chi connectivity index (χ1n) is 6.70. The van der Waals surface area contributed by atoms with E-state index in [4.69, 9.17) is 11.6 Å². The molecule has 1 aromatic heterocycles. The number of rotatable bonds is 3. The summed E-state index contributed by atoms with van der Waals surface area (Å²) in [5, 5.41) is 4.94. The van der Waals surface area contributed by atoms with E-state index in [0.717, 1.165) is 6.54 Å². The minimum Gasteiger partial charge on any atom is -0.357 e. The van der Waals surface area contributed by atoms with Gasteiger partial charge in [0.1, 0.15) is 0 Å². The maximum atomic E-state index is 5.77. The van der Waals surface area contributed by atoms with Crippen molar-refractivity contribution in [2.75, 3.05) is 12.4 Å². The first-order valence-corrected chi connectivity index (χ1v) is 7.23. The van der Waals surface area contributed by atoms with E-state index in [1.165, 1.54) is 47.0 Å². The van der Waals surface area contributed by atoms with Crippen molar-refractivity contribution in [2.45, 2.75) is 32.2 Å². The first-order chi connectivity index (χ1) is 8.79. The molecular weight excluding hydrogens is 244 g/mol. The molecule has 0 bridgehead atoms. The highest BCUT2D eigenvalue weighted by molar-refractivity contribution is 6.18. The molecule has 0 unspecified atom stereocenters. The molecule has 18 heavy (non-hydrogen) atoms. The fourth-order valence-corrected chi connectivity index (χ4v) is 3.12. The Morgan fingerprint density at radius 3 is 3.17 bits per heavy atom. The van der Waals surface area contributed by atoms with E-state index in [1.807, 2.05) is 0 Å². The quantitative estimate of drug-likeness (QED) is 0.812. The number of aromatic nitrogens is 1. The summed E-state index contributed by atoms with van der Waals surface area (Å²) in [6, 6.07) is 7.11. The van der Waals surface area contributed by atoms with Crippen LogP contribution in [0.2, 0.25) is 0 Å². The Morgan fingerprint density at radius 1 is 1.44 bits per heavy atom. The van der Waals surface area contributed by atoms with Gasteiger partial charge in [-0.15, -0.1) is 11.6 Å². The molecule has 3 rings (SSSR count). The summed E-state index contributed by atoms with van der Waals surface area (Å²) >= 11 is 5.77. The van der Waals surface area contributed by atoms with Crippen LogP contribution < -0.4 is 5.32 Å². The summed E-state index contributed by atoms with van der Waals surface area (Å²) < 4.78 is 0. The number of halogens is 1. The van der Waals surface area contributed by atoms with Gasteiger partial charge in [0.2, 0.25) is 0 Å². The van der Waals surface area contributed by atoms with Crippen LogP contribution in [0.5, 0.6) is 0 Å². The van der Waals surface area contributed by atoms with Crippen LogP contribution in [0.1, 0.15) is 35.7 Å². The number of hydrogen-bond donors (Lipinski definition) is 2. The predicted molar refractivity (Wildman–Crippen MR) is 77.4 cm³/mol. The molecular formula is C15H19ClN2. The number of alkyl halides is 1. The smallest absolute Gasteiger partial charge is 0.0476 e. The van der Waals surface area contributed by atoms with Crippen molar-refractivity contribution in [3.05, 3.63) is 35.0 Å². The SMILES string of the molecule is Cc1ccc2[nH]c3c(c2c1)CCC[C@H]3NCCCl. The van der Waals surface area contributed by atoms with E-state index < -0.39 is 0 Å².